The Morgan fingerprint density at radius 3 is 2.28 bits per heavy atom. The molecule has 144 valence electrons. The van der Waals surface area contributed by atoms with Crippen LogP contribution in [0.15, 0.2) is 0 Å². The second-order valence-electron chi connectivity index (χ2n) is 7.69. The van der Waals surface area contributed by atoms with Crippen LogP contribution in [-0.4, -0.2) is 55.8 Å². The fraction of sp³-hybridized carbons (Fsp3) is 0.824. The summed E-state index contributed by atoms with van der Waals surface area (Å²) in [4.78, 5) is 36.9. The standard InChI is InChI=1S/C17H28INO6/c1-16(2,3)19(15(23)24)13(20)12(11-17(19,4)14(21)22)25-10-8-6-5-7-9-18/h12H,5-11H2,1-4H3,(H-,21,22,23,24). The third-order valence-corrected chi connectivity index (χ3v) is 5.78. The molecule has 0 aromatic carbocycles. The maximum Gasteiger partial charge on any atom is 0.366 e. The molecule has 0 aromatic rings. The Morgan fingerprint density at radius 2 is 1.88 bits per heavy atom. The van der Waals surface area contributed by atoms with Gasteiger partial charge in [-0.2, -0.15) is 4.48 Å². The van der Waals surface area contributed by atoms with Crippen molar-refractivity contribution in [2.24, 2.45) is 0 Å². The summed E-state index contributed by atoms with van der Waals surface area (Å²) < 4.78 is 5.44. The van der Waals surface area contributed by atoms with E-state index in [1.807, 2.05) is 0 Å². The number of amides is 2. The highest BCUT2D eigenvalue weighted by Gasteiger charge is 2.73. The van der Waals surface area contributed by atoms with Crippen LogP contribution in [0.25, 0.3) is 0 Å². The first kappa shape index (κ1) is 22.3. The fourth-order valence-corrected chi connectivity index (χ4v) is 4.36. The lowest BCUT2D eigenvalue weighted by Crippen LogP contribution is -2.78. The van der Waals surface area contributed by atoms with Gasteiger partial charge >= 0.3 is 11.9 Å². The molecule has 8 heteroatoms. The Kier molecular flexibility index (Phi) is 7.41. The van der Waals surface area contributed by atoms with E-state index in [1.54, 1.807) is 0 Å². The van der Waals surface area contributed by atoms with Crippen LogP contribution >= 0.6 is 22.6 Å². The summed E-state index contributed by atoms with van der Waals surface area (Å²) in [5.74, 6) is -2.09. The topological polar surface area (TPSA) is 104 Å². The van der Waals surface area contributed by atoms with Crippen molar-refractivity contribution in [2.75, 3.05) is 11.0 Å². The summed E-state index contributed by atoms with van der Waals surface area (Å²) >= 11 is 2.31. The number of rotatable bonds is 8. The number of likely N-dealkylation sites (tertiary alicyclic amines) is 1. The monoisotopic (exact) mass is 469 g/mol. The van der Waals surface area contributed by atoms with Gasteiger partial charge in [0.05, 0.1) is 6.42 Å². The van der Waals surface area contributed by atoms with Gasteiger partial charge in [-0.3, -0.25) is 0 Å². The SMILES string of the molecule is CC(C)(C)[N+]1(C(=O)[O-])C(=O)C(OCCCCCCI)CC1(C)C(=O)O. The molecule has 1 aliphatic rings. The van der Waals surface area contributed by atoms with Gasteiger partial charge in [-0.15, -0.1) is 0 Å². The van der Waals surface area contributed by atoms with E-state index in [9.17, 15) is 24.6 Å². The molecule has 7 nitrogen and oxygen atoms in total. The van der Waals surface area contributed by atoms with Gasteiger partial charge in [0.1, 0.15) is 5.54 Å². The Labute approximate surface area is 162 Å². The van der Waals surface area contributed by atoms with Crippen molar-refractivity contribution in [1.29, 1.82) is 0 Å². The zero-order valence-electron chi connectivity index (χ0n) is 15.3. The quantitative estimate of drug-likeness (QED) is 0.253. The first-order chi connectivity index (χ1) is 11.5. The number of quaternary nitrogens is 1. The normalized spacial score (nSPS) is 29.8. The fourth-order valence-electron chi connectivity index (χ4n) is 3.82. The number of carboxylic acids is 1. The van der Waals surface area contributed by atoms with E-state index in [0.717, 1.165) is 30.1 Å². The Hall–Kier alpha value is -0.740. The molecule has 2 amide bonds. The molecule has 0 aliphatic carbocycles. The van der Waals surface area contributed by atoms with Crippen LogP contribution in [0.1, 0.15) is 59.8 Å². The maximum atomic E-state index is 13.0. The van der Waals surface area contributed by atoms with Crippen LogP contribution in [0.3, 0.4) is 0 Å². The van der Waals surface area contributed by atoms with E-state index in [2.05, 4.69) is 22.6 Å². The molecule has 0 spiro atoms. The lowest BCUT2D eigenvalue weighted by atomic mass is 9.89. The van der Waals surface area contributed by atoms with Crippen molar-refractivity contribution in [2.45, 2.75) is 77.0 Å². The molecule has 0 saturated carbocycles. The summed E-state index contributed by atoms with van der Waals surface area (Å²) in [5.41, 5.74) is -3.01. The smallest absolute Gasteiger partial charge is 0.366 e. The second-order valence-corrected chi connectivity index (χ2v) is 8.77. The average molecular weight is 469 g/mol. The second kappa shape index (κ2) is 8.30. The van der Waals surface area contributed by atoms with E-state index in [-0.39, 0.29) is 6.42 Å². The van der Waals surface area contributed by atoms with Gasteiger partial charge in [0, 0.05) is 13.5 Å². The van der Waals surface area contributed by atoms with Gasteiger partial charge in [-0.05, 0) is 38.0 Å². The van der Waals surface area contributed by atoms with Crippen LogP contribution in [0.4, 0.5) is 4.79 Å². The van der Waals surface area contributed by atoms with Crippen LogP contribution < -0.4 is 5.11 Å². The van der Waals surface area contributed by atoms with Crippen molar-refractivity contribution in [1.82, 2.24) is 0 Å². The number of imide groups is 1. The first-order valence-electron chi connectivity index (χ1n) is 8.53. The molecular weight excluding hydrogens is 441 g/mol. The molecule has 1 rings (SSSR count). The molecule has 1 heterocycles. The number of aliphatic carboxylic acids is 1. The summed E-state index contributed by atoms with van der Waals surface area (Å²) in [6, 6.07) is 0. The number of hydrogen-bond acceptors (Lipinski definition) is 5. The molecule has 1 fully saturated rings. The maximum absolute atomic E-state index is 13.0. The van der Waals surface area contributed by atoms with Gasteiger partial charge in [0.2, 0.25) is 5.54 Å². The molecule has 0 radical (unpaired) electrons. The number of carboxylic acid groups (broad SMARTS) is 2. The van der Waals surface area contributed by atoms with Crippen molar-refractivity contribution in [3.8, 4) is 0 Å². The van der Waals surface area contributed by atoms with Crippen LogP contribution in [-0.2, 0) is 14.3 Å². The van der Waals surface area contributed by atoms with E-state index in [1.165, 1.54) is 27.7 Å². The van der Waals surface area contributed by atoms with Crippen LogP contribution in [0.5, 0.6) is 0 Å². The molecule has 25 heavy (non-hydrogen) atoms. The van der Waals surface area contributed by atoms with E-state index >= 15 is 0 Å². The number of alkyl halides is 1. The zero-order chi connectivity index (χ0) is 19.5. The summed E-state index contributed by atoms with van der Waals surface area (Å²) in [7, 11) is 0. The molecule has 0 bridgehead atoms. The highest BCUT2D eigenvalue weighted by atomic mass is 127. The minimum absolute atomic E-state index is 0.180. The molecule has 1 aliphatic heterocycles. The third-order valence-electron chi connectivity index (χ3n) is 5.02. The minimum Gasteiger partial charge on any atom is -0.498 e. The van der Waals surface area contributed by atoms with Crippen molar-refractivity contribution in [3.05, 3.63) is 0 Å². The predicted octanol–water partition coefficient (Wildman–Crippen LogP) is 2.10. The Bertz CT molecular complexity index is 532. The van der Waals surface area contributed by atoms with Crippen LogP contribution in [0.2, 0.25) is 0 Å². The molecule has 3 atom stereocenters. The molecular formula is C17H28INO6. The number of nitrogens with zero attached hydrogens (tertiary/aromatic N) is 1. The highest BCUT2D eigenvalue weighted by Crippen LogP contribution is 2.46. The third kappa shape index (κ3) is 3.85. The van der Waals surface area contributed by atoms with Crippen LogP contribution in [0, 0.1) is 0 Å². The number of hydrogen-bond donors (Lipinski definition) is 1. The number of carbonyl (C=O) groups excluding carboxylic acids is 2. The van der Waals surface area contributed by atoms with Crippen molar-refractivity contribution in [3.63, 3.8) is 0 Å². The number of halogens is 1. The zero-order valence-corrected chi connectivity index (χ0v) is 17.5. The summed E-state index contributed by atoms with van der Waals surface area (Å²) in [6.45, 7) is 6.21. The average Bonchev–Trinajstić information content (AvgIpc) is 2.72. The largest absolute Gasteiger partial charge is 0.498 e. The molecule has 1 saturated heterocycles. The number of unbranched alkanes of at least 4 members (excludes halogenated alkanes) is 3. The molecule has 1 N–H and O–H groups in total. The highest BCUT2D eigenvalue weighted by molar-refractivity contribution is 14.1. The molecule has 3 unspecified atom stereocenters. The number of carbonyl (C=O) groups is 3. The van der Waals surface area contributed by atoms with Gasteiger partial charge in [-0.1, -0.05) is 35.4 Å². The van der Waals surface area contributed by atoms with Gasteiger partial charge in [-0.25, -0.2) is 9.59 Å². The van der Waals surface area contributed by atoms with Crippen molar-refractivity contribution < 1.29 is 33.8 Å². The van der Waals surface area contributed by atoms with E-state index < -0.39 is 39.6 Å². The van der Waals surface area contributed by atoms with Gasteiger partial charge in [0.15, 0.2) is 6.10 Å². The predicted molar refractivity (Wildman–Crippen MR) is 98.2 cm³/mol. The first-order valence-corrected chi connectivity index (χ1v) is 10.1. The minimum atomic E-state index is -1.83. The lowest BCUT2D eigenvalue weighted by molar-refractivity contribution is -0.880. The van der Waals surface area contributed by atoms with E-state index in [0.29, 0.717) is 6.61 Å². The van der Waals surface area contributed by atoms with Gasteiger partial charge < -0.3 is 19.7 Å². The Balaban J connectivity index is 3.03. The molecule has 0 aromatic heterocycles. The Morgan fingerprint density at radius 1 is 1.32 bits per heavy atom. The summed E-state index contributed by atoms with van der Waals surface area (Å²) in [6.07, 6.45) is 0.969. The van der Waals surface area contributed by atoms with Crippen molar-refractivity contribution >= 4 is 40.6 Å². The van der Waals surface area contributed by atoms with E-state index in [4.69, 9.17) is 4.74 Å². The number of ether oxygens (including phenoxy) is 1. The summed E-state index contributed by atoms with van der Waals surface area (Å²) in [5, 5.41) is 21.7. The lowest BCUT2D eigenvalue weighted by Gasteiger charge is -2.49. The van der Waals surface area contributed by atoms with Gasteiger partial charge in [0.25, 0.3) is 6.09 Å².